The summed E-state index contributed by atoms with van der Waals surface area (Å²) in [6.45, 7) is 4.88. The van der Waals surface area contributed by atoms with E-state index in [4.69, 9.17) is 5.73 Å². The van der Waals surface area contributed by atoms with Crippen molar-refractivity contribution in [1.82, 2.24) is 0 Å². The fourth-order valence-electron chi connectivity index (χ4n) is 2.68. The number of nitro benzene ring substituents is 1. The molecular formula is C13H18FN3O2. The first kappa shape index (κ1) is 13.7. The van der Waals surface area contributed by atoms with Gasteiger partial charge >= 0.3 is 0 Å². The molecule has 19 heavy (non-hydrogen) atoms. The van der Waals surface area contributed by atoms with E-state index in [-0.39, 0.29) is 11.7 Å². The van der Waals surface area contributed by atoms with Crippen molar-refractivity contribution in [2.75, 3.05) is 18.0 Å². The molecule has 0 aromatic heterocycles. The van der Waals surface area contributed by atoms with Gasteiger partial charge in [0.15, 0.2) is 0 Å². The average molecular weight is 267 g/mol. The first-order valence-electron chi connectivity index (χ1n) is 6.35. The molecule has 1 heterocycles. The first-order valence-corrected chi connectivity index (χ1v) is 6.35. The van der Waals surface area contributed by atoms with E-state index in [9.17, 15) is 14.5 Å². The van der Waals surface area contributed by atoms with Gasteiger partial charge in [-0.15, -0.1) is 0 Å². The first-order chi connectivity index (χ1) is 8.93. The van der Waals surface area contributed by atoms with Crippen molar-refractivity contribution in [2.45, 2.75) is 26.3 Å². The molecule has 1 aromatic carbocycles. The lowest BCUT2D eigenvalue weighted by Crippen LogP contribution is -2.28. The van der Waals surface area contributed by atoms with E-state index in [0.29, 0.717) is 30.3 Å². The summed E-state index contributed by atoms with van der Waals surface area (Å²) in [5.74, 6) is -0.211. The number of nitrogens with zero attached hydrogens (tertiary/aromatic N) is 2. The molecule has 2 unspecified atom stereocenters. The molecule has 5 nitrogen and oxygen atoms in total. The Morgan fingerprint density at radius 3 is 2.79 bits per heavy atom. The lowest BCUT2D eigenvalue weighted by molar-refractivity contribution is -0.384. The Kier molecular flexibility index (Phi) is 3.71. The van der Waals surface area contributed by atoms with Crippen LogP contribution in [0.4, 0.5) is 15.8 Å². The Hall–Kier alpha value is -1.69. The number of anilines is 1. The molecule has 1 aromatic rings. The number of hydrogen-bond acceptors (Lipinski definition) is 4. The molecule has 6 heteroatoms. The van der Waals surface area contributed by atoms with Gasteiger partial charge in [-0.1, -0.05) is 0 Å². The van der Waals surface area contributed by atoms with Crippen LogP contribution in [0.1, 0.15) is 18.9 Å². The van der Waals surface area contributed by atoms with Crippen LogP contribution in [0.15, 0.2) is 12.1 Å². The highest BCUT2D eigenvalue weighted by Crippen LogP contribution is 2.36. The van der Waals surface area contributed by atoms with Gasteiger partial charge in [0, 0.05) is 12.6 Å². The van der Waals surface area contributed by atoms with Gasteiger partial charge in [0.05, 0.1) is 11.0 Å². The average Bonchev–Trinajstić information content (AvgIpc) is 2.73. The predicted octanol–water partition coefficient (Wildman–Crippen LogP) is 2.22. The Balaban J connectivity index is 2.44. The third-order valence-corrected chi connectivity index (χ3v) is 3.76. The number of halogens is 1. The van der Waals surface area contributed by atoms with E-state index in [2.05, 4.69) is 0 Å². The van der Waals surface area contributed by atoms with Crippen molar-refractivity contribution in [3.05, 3.63) is 33.6 Å². The zero-order valence-corrected chi connectivity index (χ0v) is 11.1. The Morgan fingerprint density at radius 1 is 1.58 bits per heavy atom. The Labute approximate surface area is 111 Å². The van der Waals surface area contributed by atoms with Crippen molar-refractivity contribution in [1.29, 1.82) is 0 Å². The standard InChI is InChI=1S/C13H18FN3O2/c1-8-3-12(13(17(18)19)5-11(8)14)16-7-10(6-15)4-9(16)2/h3,5,9-10H,4,6-7,15H2,1-2H3. The van der Waals surface area contributed by atoms with Crippen LogP contribution in [-0.4, -0.2) is 24.1 Å². The SMILES string of the molecule is Cc1cc(N2CC(CN)CC2C)c([N+](=O)[O-])cc1F. The van der Waals surface area contributed by atoms with Crippen molar-refractivity contribution in [3.8, 4) is 0 Å². The highest BCUT2D eigenvalue weighted by Gasteiger charge is 2.32. The van der Waals surface area contributed by atoms with E-state index < -0.39 is 10.7 Å². The van der Waals surface area contributed by atoms with Gasteiger partial charge in [-0.3, -0.25) is 10.1 Å². The molecule has 2 N–H and O–H groups in total. The number of nitrogens with two attached hydrogens (primary N) is 1. The summed E-state index contributed by atoms with van der Waals surface area (Å²) in [6.07, 6.45) is 0.907. The minimum absolute atomic E-state index is 0.173. The molecular weight excluding hydrogens is 249 g/mol. The van der Waals surface area contributed by atoms with Crippen LogP contribution in [-0.2, 0) is 0 Å². The maximum absolute atomic E-state index is 13.5. The third kappa shape index (κ3) is 2.53. The summed E-state index contributed by atoms with van der Waals surface area (Å²) in [7, 11) is 0. The number of hydrogen-bond donors (Lipinski definition) is 1. The van der Waals surface area contributed by atoms with Crippen molar-refractivity contribution >= 4 is 11.4 Å². The fourth-order valence-corrected chi connectivity index (χ4v) is 2.68. The topological polar surface area (TPSA) is 72.4 Å². The maximum Gasteiger partial charge on any atom is 0.295 e. The van der Waals surface area contributed by atoms with Gasteiger partial charge in [-0.05, 0) is 44.4 Å². The second-order valence-corrected chi connectivity index (χ2v) is 5.19. The number of nitro groups is 1. The zero-order chi connectivity index (χ0) is 14.2. The van der Waals surface area contributed by atoms with Crippen LogP contribution in [0.25, 0.3) is 0 Å². The van der Waals surface area contributed by atoms with Gasteiger partial charge in [0.2, 0.25) is 0 Å². The van der Waals surface area contributed by atoms with Crippen LogP contribution >= 0.6 is 0 Å². The van der Waals surface area contributed by atoms with Gasteiger partial charge in [-0.2, -0.15) is 0 Å². The monoisotopic (exact) mass is 267 g/mol. The van der Waals surface area contributed by atoms with Gasteiger partial charge in [-0.25, -0.2) is 4.39 Å². The molecule has 0 bridgehead atoms. The number of benzene rings is 1. The second-order valence-electron chi connectivity index (χ2n) is 5.19. The molecule has 104 valence electrons. The van der Waals surface area contributed by atoms with Crippen LogP contribution in [0.3, 0.4) is 0 Å². The van der Waals surface area contributed by atoms with Gasteiger partial charge in [0.25, 0.3) is 5.69 Å². The largest absolute Gasteiger partial charge is 0.363 e. The summed E-state index contributed by atoms with van der Waals surface area (Å²) in [6, 6.07) is 2.74. The summed E-state index contributed by atoms with van der Waals surface area (Å²) >= 11 is 0. The summed E-state index contributed by atoms with van der Waals surface area (Å²) in [5.41, 5.74) is 6.41. The third-order valence-electron chi connectivity index (χ3n) is 3.76. The minimum Gasteiger partial charge on any atom is -0.363 e. The molecule has 0 aliphatic carbocycles. The quantitative estimate of drug-likeness (QED) is 0.673. The highest BCUT2D eigenvalue weighted by atomic mass is 19.1. The molecule has 2 atom stereocenters. The molecule has 0 radical (unpaired) electrons. The Bertz CT molecular complexity index is 507. The minimum atomic E-state index is -0.544. The van der Waals surface area contributed by atoms with Crippen molar-refractivity contribution in [3.63, 3.8) is 0 Å². The molecule has 1 aliphatic rings. The summed E-state index contributed by atoms with van der Waals surface area (Å²) < 4.78 is 13.5. The predicted molar refractivity (Wildman–Crippen MR) is 71.8 cm³/mol. The molecule has 2 rings (SSSR count). The van der Waals surface area contributed by atoms with Crippen LogP contribution < -0.4 is 10.6 Å². The van der Waals surface area contributed by atoms with E-state index in [0.717, 1.165) is 12.5 Å². The van der Waals surface area contributed by atoms with Crippen LogP contribution in [0.5, 0.6) is 0 Å². The lowest BCUT2D eigenvalue weighted by Gasteiger charge is -2.24. The lowest BCUT2D eigenvalue weighted by atomic mass is 10.1. The smallest absolute Gasteiger partial charge is 0.295 e. The molecule has 1 saturated heterocycles. The van der Waals surface area contributed by atoms with E-state index in [1.54, 1.807) is 13.0 Å². The fraction of sp³-hybridized carbons (Fsp3) is 0.538. The molecule has 1 fully saturated rings. The second kappa shape index (κ2) is 5.13. The summed E-state index contributed by atoms with van der Waals surface area (Å²) in [5, 5.41) is 11.1. The van der Waals surface area contributed by atoms with Crippen LogP contribution in [0.2, 0.25) is 0 Å². The van der Waals surface area contributed by atoms with Crippen molar-refractivity contribution < 1.29 is 9.31 Å². The van der Waals surface area contributed by atoms with Crippen LogP contribution in [0, 0.1) is 28.8 Å². The highest BCUT2D eigenvalue weighted by molar-refractivity contribution is 5.65. The van der Waals surface area contributed by atoms with E-state index in [1.165, 1.54) is 0 Å². The normalized spacial score (nSPS) is 22.8. The molecule has 0 spiro atoms. The van der Waals surface area contributed by atoms with Crippen molar-refractivity contribution in [2.24, 2.45) is 11.7 Å². The van der Waals surface area contributed by atoms with E-state index >= 15 is 0 Å². The molecule has 0 saturated carbocycles. The maximum atomic E-state index is 13.5. The van der Waals surface area contributed by atoms with E-state index in [1.807, 2.05) is 11.8 Å². The zero-order valence-electron chi connectivity index (χ0n) is 11.1. The summed E-state index contributed by atoms with van der Waals surface area (Å²) in [4.78, 5) is 12.5. The number of rotatable bonds is 3. The number of aryl methyl sites for hydroxylation is 1. The molecule has 1 aliphatic heterocycles. The van der Waals surface area contributed by atoms with Gasteiger partial charge in [0.1, 0.15) is 11.5 Å². The molecule has 0 amide bonds. The Morgan fingerprint density at radius 2 is 2.26 bits per heavy atom. The van der Waals surface area contributed by atoms with Gasteiger partial charge < -0.3 is 10.6 Å².